The number of nitrogens with two attached hydrogens (primary N) is 1. The SMILES string of the molecule is CC(C)(C)NC(=O)CCNc1cccc(F)c1C(N)=S. The maximum absolute atomic E-state index is 13.6. The van der Waals surface area contributed by atoms with E-state index in [1.54, 1.807) is 12.1 Å². The summed E-state index contributed by atoms with van der Waals surface area (Å²) in [4.78, 5) is 11.6. The number of amides is 1. The Morgan fingerprint density at radius 1 is 1.40 bits per heavy atom. The number of carbonyl (C=O) groups is 1. The second kappa shape index (κ2) is 6.65. The zero-order valence-electron chi connectivity index (χ0n) is 11.9. The van der Waals surface area contributed by atoms with Crippen LogP contribution in [0.1, 0.15) is 32.8 Å². The first kappa shape index (κ1) is 16.4. The largest absolute Gasteiger partial charge is 0.389 e. The van der Waals surface area contributed by atoms with E-state index in [1.165, 1.54) is 6.07 Å². The molecule has 0 fully saturated rings. The Morgan fingerprint density at radius 3 is 2.60 bits per heavy atom. The molecule has 0 aliphatic carbocycles. The summed E-state index contributed by atoms with van der Waals surface area (Å²) in [6.45, 7) is 6.11. The average molecular weight is 297 g/mol. The molecule has 0 bridgehead atoms. The van der Waals surface area contributed by atoms with Crippen molar-refractivity contribution in [2.24, 2.45) is 5.73 Å². The summed E-state index contributed by atoms with van der Waals surface area (Å²) in [7, 11) is 0. The van der Waals surface area contributed by atoms with E-state index in [2.05, 4.69) is 10.6 Å². The highest BCUT2D eigenvalue weighted by atomic mass is 32.1. The molecule has 1 rings (SSSR count). The molecular formula is C14H20FN3OS. The Bertz CT molecular complexity index is 512. The molecule has 20 heavy (non-hydrogen) atoms. The molecule has 1 aromatic carbocycles. The Kier molecular flexibility index (Phi) is 5.44. The van der Waals surface area contributed by atoms with Crippen LogP contribution in [-0.2, 0) is 4.79 Å². The zero-order chi connectivity index (χ0) is 15.3. The summed E-state index contributed by atoms with van der Waals surface area (Å²) >= 11 is 4.83. The molecule has 0 radical (unpaired) electrons. The van der Waals surface area contributed by atoms with Gasteiger partial charge in [-0.3, -0.25) is 4.79 Å². The molecule has 0 atom stereocenters. The lowest BCUT2D eigenvalue weighted by atomic mass is 10.1. The number of nitrogens with one attached hydrogen (secondary N) is 2. The summed E-state index contributed by atoms with van der Waals surface area (Å²) in [5.41, 5.74) is 5.92. The van der Waals surface area contributed by atoms with Gasteiger partial charge in [0.1, 0.15) is 10.8 Å². The van der Waals surface area contributed by atoms with Gasteiger partial charge in [-0.2, -0.15) is 0 Å². The highest BCUT2D eigenvalue weighted by Gasteiger charge is 2.14. The Morgan fingerprint density at radius 2 is 2.05 bits per heavy atom. The molecule has 0 spiro atoms. The first-order chi connectivity index (χ1) is 9.20. The van der Waals surface area contributed by atoms with Crippen molar-refractivity contribution in [2.45, 2.75) is 32.7 Å². The lowest BCUT2D eigenvalue weighted by Gasteiger charge is -2.20. The molecule has 1 amide bonds. The minimum Gasteiger partial charge on any atom is -0.389 e. The summed E-state index contributed by atoms with van der Waals surface area (Å²) in [5.74, 6) is -0.542. The van der Waals surface area contributed by atoms with Gasteiger partial charge in [0.2, 0.25) is 5.91 Å². The van der Waals surface area contributed by atoms with Gasteiger partial charge in [-0.1, -0.05) is 18.3 Å². The van der Waals surface area contributed by atoms with Gasteiger partial charge in [0.05, 0.1) is 5.56 Å². The molecular weight excluding hydrogens is 277 g/mol. The van der Waals surface area contributed by atoms with E-state index in [4.69, 9.17) is 18.0 Å². The predicted octanol–water partition coefficient (Wildman–Crippen LogP) is 2.18. The quantitative estimate of drug-likeness (QED) is 0.729. The van der Waals surface area contributed by atoms with Crippen LogP contribution in [0.3, 0.4) is 0 Å². The van der Waals surface area contributed by atoms with Crippen LogP contribution in [0.25, 0.3) is 0 Å². The van der Waals surface area contributed by atoms with E-state index in [9.17, 15) is 9.18 Å². The van der Waals surface area contributed by atoms with Crippen molar-refractivity contribution in [3.8, 4) is 0 Å². The second-order valence-corrected chi connectivity index (χ2v) is 5.94. The Balaban J connectivity index is 2.61. The molecule has 0 unspecified atom stereocenters. The van der Waals surface area contributed by atoms with Crippen molar-refractivity contribution < 1.29 is 9.18 Å². The first-order valence-corrected chi connectivity index (χ1v) is 6.75. The van der Waals surface area contributed by atoms with Gasteiger partial charge in [0.15, 0.2) is 0 Å². The number of thiocarbonyl (C=S) groups is 1. The monoisotopic (exact) mass is 297 g/mol. The molecule has 4 nitrogen and oxygen atoms in total. The molecule has 0 aliphatic rings. The molecule has 4 N–H and O–H groups in total. The van der Waals surface area contributed by atoms with Crippen LogP contribution in [0.5, 0.6) is 0 Å². The van der Waals surface area contributed by atoms with Crippen molar-refractivity contribution in [1.29, 1.82) is 0 Å². The second-order valence-electron chi connectivity index (χ2n) is 5.50. The number of hydrogen-bond acceptors (Lipinski definition) is 3. The molecule has 110 valence electrons. The van der Waals surface area contributed by atoms with Crippen LogP contribution in [0, 0.1) is 5.82 Å². The van der Waals surface area contributed by atoms with E-state index in [1.807, 2.05) is 20.8 Å². The van der Waals surface area contributed by atoms with Crippen LogP contribution < -0.4 is 16.4 Å². The minimum absolute atomic E-state index is 0.00950. The maximum Gasteiger partial charge on any atom is 0.222 e. The first-order valence-electron chi connectivity index (χ1n) is 6.34. The fourth-order valence-electron chi connectivity index (χ4n) is 1.71. The summed E-state index contributed by atoms with van der Waals surface area (Å²) < 4.78 is 13.6. The third-order valence-corrected chi connectivity index (χ3v) is 2.65. The molecule has 1 aromatic rings. The fourth-order valence-corrected chi connectivity index (χ4v) is 1.92. The van der Waals surface area contributed by atoms with Crippen molar-refractivity contribution in [2.75, 3.05) is 11.9 Å². The zero-order valence-corrected chi connectivity index (χ0v) is 12.7. The van der Waals surface area contributed by atoms with Gasteiger partial charge in [-0.15, -0.1) is 0 Å². The minimum atomic E-state index is -0.471. The number of halogens is 1. The van der Waals surface area contributed by atoms with Crippen LogP contribution in [-0.4, -0.2) is 23.0 Å². The highest BCUT2D eigenvalue weighted by Crippen LogP contribution is 2.18. The highest BCUT2D eigenvalue weighted by molar-refractivity contribution is 7.80. The van der Waals surface area contributed by atoms with E-state index in [0.717, 1.165) is 0 Å². The molecule has 0 aliphatic heterocycles. The third kappa shape index (κ3) is 5.13. The lowest BCUT2D eigenvalue weighted by Crippen LogP contribution is -2.41. The van der Waals surface area contributed by atoms with E-state index in [-0.39, 0.29) is 28.4 Å². The number of carbonyl (C=O) groups excluding carboxylic acids is 1. The summed E-state index contributed by atoms with van der Waals surface area (Å²) in [6, 6.07) is 4.54. The Labute approximate surface area is 123 Å². The molecule has 0 saturated heterocycles. The molecule has 0 heterocycles. The standard InChI is InChI=1S/C14H20FN3OS/c1-14(2,3)18-11(19)7-8-17-10-6-4-5-9(15)12(10)13(16)20/h4-6,17H,7-8H2,1-3H3,(H2,16,20)(H,18,19). The van der Waals surface area contributed by atoms with Crippen LogP contribution in [0.2, 0.25) is 0 Å². The maximum atomic E-state index is 13.6. The van der Waals surface area contributed by atoms with Gasteiger partial charge in [-0.25, -0.2) is 4.39 Å². The van der Waals surface area contributed by atoms with Crippen molar-refractivity contribution >= 4 is 28.8 Å². The Hall–Kier alpha value is -1.69. The molecule has 0 aromatic heterocycles. The lowest BCUT2D eigenvalue weighted by molar-refractivity contribution is -0.122. The van der Waals surface area contributed by atoms with E-state index >= 15 is 0 Å². The van der Waals surface area contributed by atoms with E-state index in [0.29, 0.717) is 12.2 Å². The summed E-state index contributed by atoms with van der Waals surface area (Å²) in [6.07, 6.45) is 0.282. The van der Waals surface area contributed by atoms with Crippen molar-refractivity contribution in [3.05, 3.63) is 29.6 Å². The number of benzene rings is 1. The number of anilines is 1. The van der Waals surface area contributed by atoms with Gasteiger partial charge < -0.3 is 16.4 Å². The number of rotatable bonds is 5. The topological polar surface area (TPSA) is 67.2 Å². The van der Waals surface area contributed by atoms with Crippen LogP contribution in [0.4, 0.5) is 10.1 Å². The normalized spacial score (nSPS) is 11.0. The van der Waals surface area contributed by atoms with Crippen LogP contribution >= 0.6 is 12.2 Å². The fraction of sp³-hybridized carbons (Fsp3) is 0.429. The average Bonchev–Trinajstić information content (AvgIpc) is 2.25. The van der Waals surface area contributed by atoms with Gasteiger partial charge >= 0.3 is 0 Å². The third-order valence-electron chi connectivity index (χ3n) is 2.44. The number of hydrogen-bond donors (Lipinski definition) is 3. The van der Waals surface area contributed by atoms with E-state index < -0.39 is 5.82 Å². The summed E-state index contributed by atoms with van der Waals surface area (Å²) in [5, 5.41) is 5.83. The predicted molar refractivity (Wildman–Crippen MR) is 83.3 cm³/mol. The van der Waals surface area contributed by atoms with Crippen LogP contribution in [0.15, 0.2) is 18.2 Å². The smallest absolute Gasteiger partial charge is 0.222 e. The molecule has 6 heteroatoms. The van der Waals surface area contributed by atoms with Crippen molar-refractivity contribution in [1.82, 2.24) is 5.32 Å². The van der Waals surface area contributed by atoms with Gasteiger partial charge in [-0.05, 0) is 32.9 Å². The van der Waals surface area contributed by atoms with Gasteiger partial charge in [0.25, 0.3) is 0 Å². The van der Waals surface area contributed by atoms with Gasteiger partial charge in [0, 0.05) is 24.2 Å². The molecule has 0 saturated carbocycles. The van der Waals surface area contributed by atoms with Crippen molar-refractivity contribution in [3.63, 3.8) is 0 Å².